The van der Waals surface area contributed by atoms with Crippen molar-refractivity contribution in [2.24, 2.45) is 5.92 Å². The van der Waals surface area contributed by atoms with E-state index in [0.717, 1.165) is 18.2 Å². The molecule has 0 aliphatic carbocycles. The van der Waals surface area contributed by atoms with Gasteiger partial charge in [-0.1, -0.05) is 37.6 Å². The zero-order chi connectivity index (χ0) is 21.0. The first kappa shape index (κ1) is 21.8. The number of amides is 2. The van der Waals surface area contributed by atoms with E-state index in [4.69, 9.17) is 11.6 Å². The molecule has 0 aromatic heterocycles. The molecule has 0 saturated carbocycles. The van der Waals surface area contributed by atoms with Gasteiger partial charge in [0, 0.05) is 24.2 Å². The van der Waals surface area contributed by atoms with E-state index in [-0.39, 0.29) is 23.0 Å². The number of rotatable bonds is 6. The van der Waals surface area contributed by atoms with Crippen molar-refractivity contribution in [3.63, 3.8) is 0 Å². The number of hydrogen-bond donors (Lipinski definition) is 1. The number of halogens is 4. The van der Waals surface area contributed by atoms with Crippen molar-refractivity contribution in [2.75, 3.05) is 7.05 Å². The predicted octanol–water partition coefficient (Wildman–Crippen LogP) is 4.17. The maximum Gasteiger partial charge on any atom is 0.257 e. The molecule has 1 N–H and O–H groups in total. The van der Waals surface area contributed by atoms with Crippen molar-refractivity contribution in [1.29, 1.82) is 0 Å². The maximum absolute atomic E-state index is 14.0. The Morgan fingerprint density at radius 1 is 1.04 bits per heavy atom. The molecule has 1 unspecified atom stereocenters. The van der Waals surface area contributed by atoms with Gasteiger partial charge in [-0.05, 0) is 30.2 Å². The molecule has 0 saturated heterocycles. The van der Waals surface area contributed by atoms with Gasteiger partial charge in [0.2, 0.25) is 5.91 Å². The molecule has 1 atom stereocenters. The minimum absolute atomic E-state index is 0.127. The molecule has 0 aliphatic rings. The van der Waals surface area contributed by atoms with Crippen LogP contribution in [-0.4, -0.2) is 29.8 Å². The zero-order valence-corrected chi connectivity index (χ0v) is 16.4. The Morgan fingerprint density at radius 2 is 1.57 bits per heavy atom. The minimum Gasteiger partial charge on any atom is -0.340 e. The summed E-state index contributed by atoms with van der Waals surface area (Å²) < 4.78 is 41.7. The molecule has 2 amide bonds. The van der Waals surface area contributed by atoms with Crippen LogP contribution in [0.1, 0.15) is 29.8 Å². The topological polar surface area (TPSA) is 49.4 Å². The molecule has 150 valence electrons. The van der Waals surface area contributed by atoms with Gasteiger partial charge >= 0.3 is 0 Å². The van der Waals surface area contributed by atoms with E-state index in [9.17, 15) is 22.8 Å². The number of carbonyl (C=O) groups excluding carboxylic acids is 2. The molecule has 0 bridgehead atoms. The number of nitrogens with zero attached hydrogens (tertiary/aromatic N) is 1. The zero-order valence-electron chi connectivity index (χ0n) is 15.6. The third-order valence-corrected chi connectivity index (χ3v) is 4.60. The van der Waals surface area contributed by atoms with E-state index >= 15 is 0 Å². The van der Waals surface area contributed by atoms with Crippen molar-refractivity contribution in [3.05, 3.63) is 70.0 Å². The van der Waals surface area contributed by atoms with Crippen LogP contribution in [0.25, 0.3) is 0 Å². The monoisotopic (exact) mass is 412 g/mol. The van der Waals surface area contributed by atoms with Crippen LogP contribution in [0.4, 0.5) is 13.2 Å². The molecule has 8 heteroatoms. The Balaban J connectivity index is 2.21. The lowest BCUT2D eigenvalue weighted by Gasteiger charge is -2.27. The van der Waals surface area contributed by atoms with E-state index in [1.165, 1.54) is 30.1 Å². The first-order valence-electron chi connectivity index (χ1n) is 8.56. The van der Waals surface area contributed by atoms with Crippen molar-refractivity contribution in [2.45, 2.75) is 26.4 Å². The van der Waals surface area contributed by atoms with E-state index in [0.29, 0.717) is 0 Å². The largest absolute Gasteiger partial charge is 0.340 e. The van der Waals surface area contributed by atoms with Gasteiger partial charge in [0.1, 0.15) is 29.1 Å². The van der Waals surface area contributed by atoms with Crippen LogP contribution in [-0.2, 0) is 11.3 Å². The molecule has 2 aromatic carbocycles. The first-order valence-corrected chi connectivity index (χ1v) is 8.94. The van der Waals surface area contributed by atoms with Crippen LogP contribution in [0.5, 0.6) is 0 Å². The Labute approximate surface area is 166 Å². The number of nitrogens with one attached hydrogen (secondary N) is 1. The summed E-state index contributed by atoms with van der Waals surface area (Å²) in [6, 6.07) is 6.15. The van der Waals surface area contributed by atoms with Gasteiger partial charge in [0.15, 0.2) is 0 Å². The molecule has 2 rings (SSSR count). The van der Waals surface area contributed by atoms with Crippen LogP contribution < -0.4 is 5.32 Å². The van der Waals surface area contributed by atoms with Crippen LogP contribution in [0.3, 0.4) is 0 Å². The fourth-order valence-corrected chi connectivity index (χ4v) is 2.90. The van der Waals surface area contributed by atoms with E-state index in [1.54, 1.807) is 13.8 Å². The predicted molar refractivity (Wildman–Crippen MR) is 100 cm³/mol. The molecule has 0 spiro atoms. The van der Waals surface area contributed by atoms with Gasteiger partial charge in [-0.2, -0.15) is 0 Å². The van der Waals surface area contributed by atoms with Gasteiger partial charge in [-0.25, -0.2) is 13.2 Å². The molecule has 28 heavy (non-hydrogen) atoms. The Kier molecular flexibility index (Phi) is 7.07. The molecular weight excluding hydrogens is 393 g/mol. The Bertz CT molecular complexity index is 849. The lowest BCUT2D eigenvalue weighted by Crippen LogP contribution is -2.50. The van der Waals surface area contributed by atoms with Gasteiger partial charge in [0.25, 0.3) is 5.91 Å². The van der Waals surface area contributed by atoms with E-state index < -0.39 is 40.9 Å². The highest BCUT2D eigenvalue weighted by atomic mass is 35.5. The molecule has 0 heterocycles. The summed E-state index contributed by atoms with van der Waals surface area (Å²) in [4.78, 5) is 26.4. The maximum atomic E-state index is 14.0. The smallest absolute Gasteiger partial charge is 0.257 e. The van der Waals surface area contributed by atoms with Crippen LogP contribution in [0, 0.1) is 23.4 Å². The molecular formula is C20H20ClF3N2O2. The Hall–Kier alpha value is -2.54. The van der Waals surface area contributed by atoms with Crippen molar-refractivity contribution in [3.8, 4) is 0 Å². The third kappa shape index (κ3) is 4.84. The van der Waals surface area contributed by atoms with Gasteiger partial charge in [0.05, 0.1) is 0 Å². The number of benzene rings is 2. The standard InChI is InChI=1S/C20H20ClF3N2O2/c1-11(2)18(25-19(27)17-15(23)8-5-9-16(17)24)20(28)26(3)10-12-13(21)6-4-7-14(12)22/h4-9,11,18H,10H2,1-3H3,(H,25,27). The highest BCUT2D eigenvalue weighted by Gasteiger charge is 2.29. The quantitative estimate of drug-likeness (QED) is 0.774. The second kappa shape index (κ2) is 9.10. The third-order valence-electron chi connectivity index (χ3n) is 4.24. The average Bonchev–Trinajstić information content (AvgIpc) is 2.61. The summed E-state index contributed by atoms with van der Waals surface area (Å²) in [5, 5.41) is 2.54. The van der Waals surface area contributed by atoms with Gasteiger partial charge in [-0.15, -0.1) is 0 Å². The van der Waals surface area contributed by atoms with Gasteiger partial charge < -0.3 is 10.2 Å². The van der Waals surface area contributed by atoms with Crippen LogP contribution in [0.15, 0.2) is 36.4 Å². The highest BCUT2D eigenvalue weighted by Crippen LogP contribution is 2.21. The SMILES string of the molecule is CC(C)C(NC(=O)c1c(F)cccc1F)C(=O)N(C)Cc1c(F)cccc1Cl. The lowest BCUT2D eigenvalue weighted by atomic mass is 10.0. The fraction of sp³-hybridized carbons (Fsp3) is 0.300. The van der Waals surface area contributed by atoms with Crippen molar-refractivity contribution < 1.29 is 22.8 Å². The highest BCUT2D eigenvalue weighted by molar-refractivity contribution is 6.31. The van der Waals surface area contributed by atoms with Crippen LogP contribution >= 0.6 is 11.6 Å². The van der Waals surface area contributed by atoms with E-state index in [2.05, 4.69) is 5.32 Å². The minimum atomic E-state index is -1.07. The number of carbonyl (C=O) groups is 2. The number of hydrogen-bond acceptors (Lipinski definition) is 2. The summed E-state index contributed by atoms with van der Waals surface area (Å²) in [5.41, 5.74) is -0.630. The summed E-state index contributed by atoms with van der Waals surface area (Å²) >= 11 is 5.99. The molecule has 4 nitrogen and oxygen atoms in total. The summed E-state index contributed by atoms with van der Waals surface area (Å²) in [6.07, 6.45) is 0. The van der Waals surface area contributed by atoms with Gasteiger partial charge in [-0.3, -0.25) is 9.59 Å². The second-order valence-corrected chi connectivity index (χ2v) is 7.09. The molecule has 2 aromatic rings. The van der Waals surface area contributed by atoms with Crippen molar-refractivity contribution in [1.82, 2.24) is 10.2 Å². The van der Waals surface area contributed by atoms with Crippen LogP contribution in [0.2, 0.25) is 5.02 Å². The average molecular weight is 413 g/mol. The summed E-state index contributed by atoms with van der Waals surface area (Å²) in [6.45, 7) is 3.21. The molecule has 0 fully saturated rings. The van der Waals surface area contributed by atoms with Crippen molar-refractivity contribution >= 4 is 23.4 Å². The molecule has 0 aliphatic heterocycles. The summed E-state index contributed by atoms with van der Waals surface area (Å²) in [5.74, 6) is -4.59. The number of likely N-dealkylation sites (N-methyl/N-ethyl adjacent to an activating group) is 1. The normalized spacial score (nSPS) is 12.0. The Morgan fingerprint density at radius 3 is 2.11 bits per heavy atom. The summed E-state index contributed by atoms with van der Waals surface area (Å²) in [7, 11) is 1.43. The molecule has 0 radical (unpaired) electrons. The second-order valence-electron chi connectivity index (χ2n) is 6.69. The fourth-order valence-electron chi connectivity index (χ4n) is 2.68. The first-order chi connectivity index (χ1) is 13.1. The van der Waals surface area contributed by atoms with E-state index in [1.807, 2.05) is 0 Å². The lowest BCUT2D eigenvalue weighted by molar-refractivity contribution is -0.133.